The number of hydrogen-bond acceptors (Lipinski definition) is 4. The van der Waals surface area contributed by atoms with Gasteiger partial charge in [-0.05, 0) is 55.0 Å². The second-order valence-electron chi connectivity index (χ2n) is 7.86. The number of ether oxygens (including phenoxy) is 2. The maximum absolute atomic E-state index is 13.1. The summed E-state index contributed by atoms with van der Waals surface area (Å²) in [5.74, 6) is 0.681. The van der Waals surface area contributed by atoms with Crippen molar-refractivity contribution < 1.29 is 23.5 Å². The number of hydrogen-bond donors (Lipinski definition) is 1. The zero-order valence-electron chi connectivity index (χ0n) is 18.3. The van der Waals surface area contributed by atoms with E-state index in [1.807, 2.05) is 36.4 Å². The first-order valence-electron chi connectivity index (χ1n) is 10.8. The van der Waals surface area contributed by atoms with Crippen molar-refractivity contribution in [2.75, 3.05) is 18.5 Å². The minimum absolute atomic E-state index is 0.121. The summed E-state index contributed by atoms with van der Waals surface area (Å²) in [6.07, 6.45) is -0.492. The van der Waals surface area contributed by atoms with Crippen molar-refractivity contribution in [1.82, 2.24) is 4.90 Å². The largest absolute Gasteiger partial charge is 0.492 e. The summed E-state index contributed by atoms with van der Waals surface area (Å²) < 4.78 is 24.7. The van der Waals surface area contributed by atoms with Crippen LogP contribution in [0.25, 0.3) is 0 Å². The second kappa shape index (κ2) is 10.2. The first-order valence-corrected chi connectivity index (χ1v) is 10.8. The van der Waals surface area contributed by atoms with Crippen LogP contribution in [0.4, 0.5) is 10.1 Å². The zero-order valence-corrected chi connectivity index (χ0v) is 18.3. The molecule has 0 fully saturated rings. The van der Waals surface area contributed by atoms with E-state index in [1.54, 1.807) is 36.1 Å². The lowest BCUT2D eigenvalue weighted by molar-refractivity contribution is -0.138. The number of para-hydroxylation sites is 1. The van der Waals surface area contributed by atoms with Gasteiger partial charge in [-0.25, -0.2) is 4.39 Å². The molecule has 3 aromatic rings. The van der Waals surface area contributed by atoms with E-state index in [1.165, 1.54) is 12.1 Å². The minimum atomic E-state index is -0.623. The molecule has 0 radical (unpaired) electrons. The van der Waals surface area contributed by atoms with Gasteiger partial charge in [0, 0.05) is 17.8 Å². The van der Waals surface area contributed by atoms with Gasteiger partial charge in [0.2, 0.25) is 5.91 Å². The van der Waals surface area contributed by atoms with Crippen LogP contribution in [0.5, 0.6) is 11.5 Å². The Bertz CT molecular complexity index is 1120. The molecule has 1 aliphatic heterocycles. The fourth-order valence-electron chi connectivity index (χ4n) is 3.65. The fourth-order valence-corrected chi connectivity index (χ4v) is 3.65. The molecule has 1 N–H and O–H groups in total. The van der Waals surface area contributed by atoms with Crippen LogP contribution in [0.15, 0.2) is 72.8 Å². The molecule has 1 atom stereocenters. The molecule has 0 bridgehead atoms. The molecule has 1 heterocycles. The average molecular weight is 448 g/mol. The number of nitrogens with one attached hydrogen (secondary N) is 1. The van der Waals surface area contributed by atoms with E-state index in [-0.39, 0.29) is 24.1 Å². The molecule has 3 aromatic carbocycles. The van der Waals surface area contributed by atoms with Crippen LogP contribution in [0, 0.1) is 5.82 Å². The maximum atomic E-state index is 13.1. The third-order valence-electron chi connectivity index (χ3n) is 5.32. The van der Waals surface area contributed by atoms with Gasteiger partial charge in [0.25, 0.3) is 5.91 Å². The predicted octanol–water partition coefficient (Wildman–Crippen LogP) is 4.20. The number of rotatable bonds is 7. The number of anilines is 1. The molecule has 0 unspecified atom stereocenters. The summed E-state index contributed by atoms with van der Waals surface area (Å²) >= 11 is 0. The zero-order chi connectivity index (χ0) is 23.2. The molecule has 2 amide bonds. The second-order valence-corrected chi connectivity index (χ2v) is 7.86. The van der Waals surface area contributed by atoms with E-state index >= 15 is 0 Å². The third kappa shape index (κ3) is 5.88. The number of benzene rings is 3. The highest BCUT2D eigenvalue weighted by molar-refractivity contribution is 5.92. The Kier molecular flexibility index (Phi) is 6.88. The van der Waals surface area contributed by atoms with Crippen molar-refractivity contribution in [3.05, 3.63) is 89.7 Å². The highest BCUT2D eigenvalue weighted by Crippen LogP contribution is 2.28. The molecule has 4 rings (SSSR count). The van der Waals surface area contributed by atoms with Gasteiger partial charge in [0.15, 0.2) is 6.10 Å². The normalized spacial score (nSPS) is 15.3. The highest BCUT2D eigenvalue weighted by Gasteiger charge is 2.28. The number of halogens is 1. The molecule has 0 aromatic heterocycles. The molecular formula is C26H25FN2O4. The molecule has 0 saturated heterocycles. The van der Waals surface area contributed by atoms with Gasteiger partial charge < -0.3 is 19.7 Å². The number of nitrogens with zero attached hydrogens (tertiary/aromatic N) is 1. The molecular weight excluding hydrogens is 423 g/mol. The van der Waals surface area contributed by atoms with E-state index in [9.17, 15) is 14.0 Å². The summed E-state index contributed by atoms with van der Waals surface area (Å²) in [4.78, 5) is 26.9. The Hall–Kier alpha value is -3.87. The van der Waals surface area contributed by atoms with Gasteiger partial charge in [-0.1, -0.05) is 30.3 Å². The summed E-state index contributed by atoms with van der Waals surface area (Å²) in [7, 11) is 0. The van der Waals surface area contributed by atoms with Crippen molar-refractivity contribution in [3.8, 4) is 11.5 Å². The summed E-state index contributed by atoms with van der Waals surface area (Å²) in [5, 5.41) is 2.86. The summed E-state index contributed by atoms with van der Waals surface area (Å²) in [6.45, 7) is 2.83. The molecule has 6 nitrogen and oxygen atoms in total. The molecule has 0 aliphatic carbocycles. The molecule has 170 valence electrons. The maximum Gasteiger partial charge on any atom is 0.263 e. The van der Waals surface area contributed by atoms with Crippen molar-refractivity contribution >= 4 is 17.5 Å². The Morgan fingerprint density at radius 1 is 1.12 bits per heavy atom. The van der Waals surface area contributed by atoms with E-state index in [0.717, 1.165) is 16.9 Å². The quantitative estimate of drug-likeness (QED) is 0.589. The van der Waals surface area contributed by atoms with Crippen LogP contribution in [0.1, 0.15) is 18.1 Å². The molecule has 7 heteroatoms. The van der Waals surface area contributed by atoms with Crippen LogP contribution in [0.3, 0.4) is 0 Å². The molecule has 1 aliphatic rings. The topological polar surface area (TPSA) is 67.9 Å². The first-order chi connectivity index (χ1) is 16.0. The van der Waals surface area contributed by atoms with Gasteiger partial charge in [0.1, 0.15) is 23.9 Å². The van der Waals surface area contributed by atoms with Crippen LogP contribution in [-0.2, 0) is 22.6 Å². The lowest BCUT2D eigenvalue weighted by Crippen LogP contribution is -2.40. The first kappa shape index (κ1) is 22.3. The third-order valence-corrected chi connectivity index (χ3v) is 5.32. The van der Waals surface area contributed by atoms with Gasteiger partial charge >= 0.3 is 0 Å². The van der Waals surface area contributed by atoms with E-state index < -0.39 is 6.10 Å². The minimum Gasteiger partial charge on any atom is -0.492 e. The van der Waals surface area contributed by atoms with E-state index in [2.05, 4.69) is 5.32 Å². The molecule has 0 saturated carbocycles. The van der Waals surface area contributed by atoms with Crippen LogP contribution >= 0.6 is 0 Å². The lowest BCUT2D eigenvalue weighted by Gasteiger charge is -2.22. The van der Waals surface area contributed by atoms with Gasteiger partial charge in [-0.2, -0.15) is 0 Å². The highest BCUT2D eigenvalue weighted by atomic mass is 19.1. The Morgan fingerprint density at radius 3 is 2.64 bits per heavy atom. The molecule has 0 spiro atoms. The van der Waals surface area contributed by atoms with Gasteiger partial charge in [-0.15, -0.1) is 0 Å². The van der Waals surface area contributed by atoms with E-state index in [0.29, 0.717) is 31.1 Å². The monoisotopic (exact) mass is 448 g/mol. The summed E-state index contributed by atoms with van der Waals surface area (Å²) in [6, 6.07) is 20.6. The average Bonchev–Trinajstić information content (AvgIpc) is 2.92. The number of fused-ring (bicyclic) bond motifs is 1. The number of amides is 2. The Morgan fingerprint density at radius 2 is 1.88 bits per heavy atom. The van der Waals surface area contributed by atoms with Crippen LogP contribution in [-0.4, -0.2) is 36.0 Å². The van der Waals surface area contributed by atoms with Crippen LogP contribution < -0.4 is 14.8 Å². The fraction of sp³-hybridized carbons (Fsp3) is 0.231. The standard InChI is InChI=1S/C26H25FN2O4/c1-18-26(31)29(13-14-32-23-5-3-2-4-6-23)17-20-16-22(11-12-24(20)33-18)28-25(30)15-19-7-9-21(27)10-8-19/h2-12,16,18H,13-15,17H2,1H3,(H,28,30)/t18-/m0/s1. The van der Waals surface area contributed by atoms with Crippen molar-refractivity contribution in [3.63, 3.8) is 0 Å². The van der Waals surface area contributed by atoms with Crippen molar-refractivity contribution in [1.29, 1.82) is 0 Å². The van der Waals surface area contributed by atoms with E-state index in [4.69, 9.17) is 9.47 Å². The Balaban J connectivity index is 1.41. The lowest BCUT2D eigenvalue weighted by atomic mass is 10.1. The van der Waals surface area contributed by atoms with Crippen molar-refractivity contribution in [2.45, 2.75) is 26.0 Å². The molecule has 33 heavy (non-hydrogen) atoms. The number of carbonyl (C=O) groups excluding carboxylic acids is 2. The Labute approximate surface area is 191 Å². The smallest absolute Gasteiger partial charge is 0.263 e. The van der Waals surface area contributed by atoms with Gasteiger partial charge in [-0.3, -0.25) is 9.59 Å². The van der Waals surface area contributed by atoms with Gasteiger partial charge in [0.05, 0.1) is 13.0 Å². The van der Waals surface area contributed by atoms with Crippen LogP contribution in [0.2, 0.25) is 0 Å². The SMILES string of the molecule is C[C@@H]1Oc2ccc(NC(=O)Cc3ccc(F)cc3)cc2CN(CCOc2ccccc2)C1=O. The predicted molar refractivity (Wildman–Crippen MR) is 123 cm³/mol. The number of carbonyl (C=O) groups is 2. The van der Waals surface area contributed by atoms with Crippen molar-refractivity contribution in [2.24, 2.45) is 0 Å². The summed E-state index contributed by atoms with van der Waals surface area (Å²) in [5.41, 5.74) is 2.12.